The second-order valence-corrected chi connectivity index (χ2v) is 7.81. The van der Waals surface area contributed by atoms with E-state index in [1.807, 2.05) is 31.2 Å². The summed E-state index contributed by atoms with van der Waals surface area (Å²) in [6.45, 7) is 6.49. The van der Waals surface area contributed by atoms with Gasteiger partial charge in [0.2, 0.25) is 17.6 Å². The highest BCUT2D eigenvalue weighted by Gasteiger charge is 2.26. The lowest BCUT2D eigenvalue weighted by Crippen LogP contribution is -2.42. The molecule has 0 bridgehead atoms. The Morgan fingerprint density at radius 3 is 2.88 bits per heavy atom. The van der Waals surface area contributed by atoms with Crippen LogP contribution in [0.15, 0.2) is 33.3 Å². The fraction of sp³-hybridized carbons (Fsp3) is 0.526. The van der Waals surface area contributed by atoms with Crippen molar-refractivity contribution in [3.63, 3.8) is 0 Å². The van der Waals surface area contributed by atoms with Crippen molar-refractivity contribution in [2.45, 2.75) is 45.7 Å². The number of amides is 1. The minimum Gasteiger partial charge on any atom is -0.353 e. The Balaban J connectivity index is 1.51. The van der Waals surface area contributed by atoms with Crippen molar-refractivity contribution in [2.75, 3.05) is 13.1 Å². The van der Waals surface area contributed by atoms with E-state index in [1.54, 1.807) is 0 Å². The van der Waals surface area contributed by atoms with Gasteiger partial charge in [-0.1, -0.05) is 40.1 Å². The fourth-order valence-corrected chi connectivity index (χ4v) is 3.47. The standard InChI is InChI=1S/C19H25BrN4O2/c1-3-13(2)21-19(25)14-7-9-24(10-8-14)12-17-22-18(23-26-17)15-5-4-6-16(20)11-15/h4-6,11,13-14H,3,7-10,12H2,1-2H3,(H,21,25). The molecule has 6 nitrogen and oxygen atoms in total. The highest BCUT2D eigenvalue weighted by molar-refractivity contribution is 9.10. The molecule has 1 amide bonds. The summed E-state index contributed by atoms with van der Waals surface area (Å²) in [6.07, 6.45) is 2.70. The molecule has 1 N–H and O–H groups in total. The van der Waals surface area contributed by atoms with E-state index in [0.29, 0.717) is 18.3 Å². The van der Waals surface area contributed by atoms with Gasteiger partial charge in [0.25, 0.3) is 0 Å². The zero-order chi connectivity index (χ0) is 18.5. The number of nitrogens with zero attached hydrogens (tertiary/aromatic N) is 3. The maximum Gasteiger partial charge on any atom is 0.241 e. The summed E-state index contributed by atoms with van der Waals surface area (Å²) in [7, 11) is 0. The third kappa shape index (κ3) is 4.92. The van der Waals surface area contributed by atoms with E-state index in [9.17, 15) is 4.79 Å². The number of rotatable bonds is 6. The molecule has 26 heavy (non-hydrogen) atoms. The molecule has 7 heteroatoms. The summed E-state index contributed by atoms with van der Waals surface area (Å²) < 4.78 is 6.39. The summed E-state index contributed by atoms with van der Waals surface area (Å²) in [5, 5.41) is 7.17. The highest BCUT2D eigenvalue weighted by Crippen LogP contribution is 2.22. The molecular formula is C19H25BrN4O2. The molecule has 140 valence electrons. The number of likely N-dealkylation sites (tertiary alicyclic amines) is 1. The van der Waals surface area contributed by atoms with Crippen LogP contribution in [0.5, 0.6) is 0 Å². The van der Waals surface area contributed by atoms with Gasteiger partial charge in [-0.15, -0.1) is 0 Å². The van der Waals surface area contributed by atoms with Crippen molar-refractivity contribution in [1.29, 1.82) is 0 Å². The molecule has 1 aliphatic heterocycles. The van der Waals surface area contributed by atoms with Crippen molar-refractivity contribution in [3.8, 4) is 11.4 Å². The number of carbonyl (C=O) groups excluding carboxylic acids is 1. The van der Waals surface area contributed by atoms with Crippen molar-refractivity contribution in [2.24, 2.45) is 5.92 Å². The molecule has 1 atom stereocenters. The maximum atomic E-state index is 12.2. The summed E-state index contributed by atoms with van der Waals surface area (Å²) >= 11 is 3.46. The smallest absolute Gasteiger partial charge is 0.241 e. The van der Waals surface area contributed by atoms with Gasteiger partial charge in [-0.25, -0.2) is 0 Å². The number of carbonyl (C=O) groups is 1. The summed E-state index contributed by atoms with van der Waals surface area (Å²) in [4.78, 5) is 19.0. The Labute approximate surface area is 162 Å². The van der Waals surface area contributed by atoms with Crippen LogP contribution in [0, 0.1) is 5.92 Å². The van der Waals surface area contributed by atoms with Gasteiger partial charge < -0.3 is 9.84 Å². The Morgan fingerprint density at radius 2 is 2.19 bits per heavy atom. The molecule has 1 unspecified atom stereocenters. The van der Waals surface area contributed by atoms with Crippen LogP contribution in [0.3, 0.4) is 0 Å². The maximum absolute atomic E-state index is 12.2. The van der Waals surface area contributed by atoms with E-state index in [0.717, 1.165) is 42.4 Å². The molecular weight excluding hydrogens is 396 g/mol. The fourth-order valence-electron chi connectivity index (χ4n) is 3.07. The van der Waals surface area contributed by atoms with Gasteiger partial charge in [0.15, 0.2) is 0 Å². The first-order chi connectivity index (χ1) is 12.5. The van der Waals surface area contributed by atoms with Crippen molar-refractivity contribution in [3.05, 3.63) is 34.6 Å². The van der Waals surface area contributed by atoms with Crippen molar-refractivity contribution >= 4 is 21.8 Å². The van der Waals surface area contributed by atoms with Crippen LogP contribution in [0.4, 0.5) is 0 Å². The summed E-state index contributed by atoms with van der Waals surface area (Å²) in [6, 6.07) is 8.09. The predicted octanol–water partition coefficient (Wildman–Crippen LogP) is 3.63. The van der Waals surface area contributed by atoms with E-state index >= 15 is 0 Å². The predicted molar refractivity (Wildman–Crippen MR) is 103 cm³/mol. The largest absolute Gasteiger partial charge is 0.353 e. The quantitative estimate of drug-likeness (QED) is 0.772. The van der Waals surface area contributed by atoms with Crippen LogP contribution < -0.4 is 5.32 Å². The van der Waals surface area contributed by atoms with Crippen molar-refractivity contribution in [1.82, 2.24) is 20.4 Å². The minimum atomic E-state index is 0.111. The molecule has 0 aliphatic carbocycles. The molecule has 0 radical (unpaired) electrons. The van der Waals surface area contributed by atoms with Gasteiger partial charge >= 0.3 is 0 Å². The molecule has 2 aromatic rings. The lowest BCUT2D eigenvalue weighted by atomic mass is 9.95. The van der Waals surface area contributed by atoms with Crippen LogP contribution >= 0.6 is 15.9 Å². The average Bonchev–Trinajstić information content (AvgIpc) is 3.10. The topological polar surface area (TPSA) is 71.3 Å². The highest BCUT2D eigenvalue weighted by atomic mass is 79.9. The number of aromatic nitrogens is 2. The first-order valence-electron chi connectivity index (χ1n) is 9.16. The summed E-state index contributed by atoms with van der Waals surface area (Å²) in [5.41, 5.74) is 0.926. The average molecular weight is 421 g/mol. The van der Waals surface area contributed by atoms with Crippen LogP contribution in [0.1, 0.15) is 39.0 Å². The van der Waals surface area contributed by atoms with Crippen LogP contribution in [-0.4, -0.2) is 40.1 Å². The minimum absolute atomic E-state index is 0.111. The van der Waals surface area contributed by atoms with Crippen molar-refractivity contribution < 1.29 is 9.32 Å². The van der Waals surface area contributed by atoms with E-state index in [-0.39, 0.29) is 17.9 Å². The first-order valence-corrected chi connectivity index (χ1v) is 9.95. The molecule has 1 aromatic heterocycles. The SMILES string of the molecule is CCC(C)NC(=O)C1CCN(Cc2nc(-c3cccc(Br)c3)no2)CC1. The number of hydrogen-bond acceptors (Lipinski definition) is 5. The van der Waals surface area contributed by atoms with Gasteiger partial charge in [0.1, 0.15) is 0 Å². The van der Waals surface area contributed by atoms with Gasteiger partial charge in [0, 0.05) is 22.0 Å². The first kappa shape index (κ1) is 19.0. The third-order valence-electron chi connectivity index (χ3n) is 4.87. The van der Waals surface area contributed by atoms with Gasteiger partial charge in [-0.05, 0) is 51.4 Å². The van der Waals surface area contributed by atoms with Gasteiger partial charge in [-0.3, -0.25) is 9.69 Å². The zero-order valence-corrected chi connectivity index (χ0v) is 16.8. The molecule has 2 heterocycles. The molecule has 3 rings (SSSR count). The van der Waals surface area contributed by atoms with Crippen LogP contribution in [-0.2, 0) is 11.3 Å². The monoisotopic (exact) mass is 420 g/mol. The second-order valence-electron chi connectivity index (χ2n) is 6.89. The van der Waals surface area contributed by atoms with E-state index in [2.05, 4.69) is 43.2 Å². The lowest BCUT2D eigenvalue weighted by molar-refractivity contribution is -0.127. The Morgan fingerprint density at radius 1 is 1.42 bits per heavy atom. The molecule has 1 saturated heterocycles. The third-order valence-corrected chi connectivity index (χ3v) is 5.36. The van der Waals surface area contributed by atoms with Gasteiger partial charge in [-0.2, -0.15) is 4.98 Å². The van der Waals surface area contributed by atoms with Crippen LogP contribution in [0.25, 0.3) is 11.4 Å². The van der Waals surface area contributed by atoms with Gasteiger partial charge in [0.05, 0.1) is 6.54 Å². The molecule has 0 saturated carbocycles. The van der Waals surface area contributed by atoms with E-state index in [4.69, 9.17) is 4.52 Å². The Bertz CT molecular complexity index is 741. The Kier molecular flexibility index (Phi) is 6.43. The number of halogens is 1. The number of piperidine rings is 1. The lowest BCUT2D eigenvalue weighted by Gasteiger charge is -2.30. The molecule has 0 spiro atoms. The molecule has 1 aliphatic rings. The van der Waals surface area contributed by atoms with E-state index < -0.39 is 0 Å². The number of hydrogen-bond donors (Lipinski definition) is 1. The molecule has 1 aromatic carbocycles. The number of nitrogens with one attached hydrogen (secondary N) is 1. The normalized spacial score (nSPS) is 17.2. The Hall–Kier alpha value is -1.73. The zero-order valence-electron chi connectivity index (χ0n) is 15.2. The molecule has 1 fully saturated rings. The van der Waals surface area contributed by atoms with E-state index in [1.165, 1.54) is 0 Å². The summed E-state index contributed by atoms with van der Waals surface area (Å²) in [5.74, 6) is 1.51. The van der Waals surface area contributed by atoms with Crippen LogP contribution in [0.2, 0.25) is 0 Å². The second kappa shape index (κ2) is 8.77. The number of benzene rings is 1.